The number of halogens is 4. The van der Waals surface area contributed by atoms with Crippen LogP contribution < -0.4 is 21.0 Å². The highest BCUT2D eigenvalue weighted by molar-refractivity contribution is 8.02. The maximum absolute atomic E-state index is 14.8. The van der Waals surface area contributed by atoms with Gasteiger partial charge in [0.25, 0.3) is 5.91 Å². The van der Waals surface area contributed by atoms with Crippen LogP contribution in [0.4, 0.5) is 17.1 Å². The second kappa shape index (κ2) is 20.1. The summed E-state index contributed by atoms with van der Waals surface area (Å²) in [6.45, 7) is 7.72. The summed E-state index contributed by atoms with van der Waals surface area (Å²) < 4.78 is 0. The molecule has 286 valence electrons. The average molecular weight is 822 g/mol. The fraction of sp³-hybridized carbons (Fsp3) is 0.450. The first-order chi connectivity index (χ1) is 25.2. The van der Waals surface area contributed by atoms with Crippen molar-refractivity contribution < 1.29 is 14.4 Å². The lowest BCUT2D eigenvalue weighted by Gasteiger charge is -2.31. The van der Waals surface area contributed by atoms with E-state index in [4.69, 9.17) is 46.4 Å². The fourth-order valence-corrected chi connectivity index (χ4v) is 8.00. The molecule has 1 aliphatic rings. The Morgan fingerprint density at radius 3 is 1.94 bits per heavy atom. The Kier molecular flexibility index (Phi) is 16.2. The third kappa shape index (κ3) is 12.0. The molecular formula is C40H49Cl4N5O3S. The molecule has 0 fully saturated rings. The van der Waals surface area contributed by atoms with Gasteiger partial charge in [0.15, 0.2) is 5.84 Å². The number of amides is 3. The van der Waals surface area contributed by atoms with E-state index in [2.05, 4.69) is 28.0 Å². The SMILES string of the molecule is CCCCCCCCCCCCC(Cl)C(=O)NC1=NN(c2c(Cl)cc(Cl)cc2Cl)C(=O)C1(Nc1ccccc1)Sc1ccc(NC(=O)C(C)(C)C)cc1. The summed E-state index contributed by atoms with van der Waals surface area (Å²) in [6, 6.07) is 19.1. The second-order valence-electron chi connectivity index (χ2n) is 14.2. The zero-order valence-electron chi connectivity index (χ0n) is 30.7. The topological polar surface area (TPSA) is 103 Å². The van der Waals surface area contributed by atoms with E-state index in [0.29, 0.717) is 22.7 Å². The lowest BCUT2D eigenvalue weighted by Crippen LogP contribution is -2.56. The number of carbonyl (C=O) groups is 3. The summed E-state index contributed by atoms with van der Waals surface area (Å²) in [5, 5.41) is 14.5. The zero-order valence-corrected chi connectivity index (χ0v) is 34.6. The van der Waals surface area contributed by atoms with Gasteiger partial charge in [-0.05, 0) is 55.0 Å². The van der Waals surface area contributed by atoms with E-state index in [1.54, 1.807) is 36.4 Å². The minimum absolute atomic E-state index is 0.00210. The normalized spacial score (nSPS) is 16.3. The molecule has 53 heavy (non-hydrogen) atoms. The summed E-state index contributed by atoms with van der Waals surface area (Å²) >= 11 is 27.3. The number of rotatable bonds is 18. The molecule has 4 rings (SSSR count). The van der Waals surface area contributed by atoms with Gasteiger partial charge >= 0.3 is 0 Å². The largest absolute Gasteiger partial charge is 0.356 e. The minimum atomic E-state index is -1.72. The van der Waals surface area contributed by atoms with Crippen molar-refractivity contribution in [2.75, 3.05) is 15.6 Å². The Morgan fingerprint density at radius 2 is 1.38 bits per heavy atom. The molecule has 1 heterocycles. The predicted octanol–water partition coefficient (Wildman–Crippen LogP) is 11.9. The van der Waals surface area contributed by atoms with Crippen molar-refractivity contribution >= 4 is 98.8 Å². The third-order valence-corrected chi connectivity index (χ3v) is 11.2. The monoisotopic (exact) mass is 819 g/mol. The predicted molar refractivity (Wildman–Crippen MR) is 224 cm³/mol. The molecule has 2 atom stereocenters. The van der Waals surface area contributed by atoms with E-state index in [9.17, 15) is 14.4 Å². The molecule has 0 aromatic heterocycles. The van der Waals surface area contributed by atoms with Gasteiger partial charge in [0.2, 0.25) is 16.7 Å². The van der Waals surface area contributed by atoms with Crippen molar-refractivity contribution in [2.45, 2.75) is 113 Å². The number of hydrogen-bond acceptors (Lipinski definition) is 6. The Balaban J connectivity index is 1.61. The number of unbranched alkanes of at least 4 members (excludes halogenated alkanes) is 9. The minimum Gasteiger partial charge on any atom is -0.356 e. The number of hydrogen-bond donors (Lipinski definition) is 3. The summed E-state index contributed by atoms with van der Waals surface area (Å²) in [4.78, 5) is 40.1. The van der Waals surface area contributed by atoms with Gasteiger partial charge in [0.05, 0.1) is 10.0 Å². The van der Waals surface area contributed by atoms with Crippen molar-refractivity contribution in [3.8, 4) is 0 Å². The Labute approximate surface area is 338 Å². The molecule has 13 heteroatoms. The van der Waals surface area contributed by atoms with E-state index >= 15 is 0 Å². The van der Waals surface area contributed by atoms with Gasteiger partial charge in [-0.2, -0.15) is 5.01 Å². The van der Waals surface area contributed by atoms with Gasteiger partial charge in [0, 0.05) is 26.7 Å². The Hall–Kier alpha value is -2.95. The van der Waals surface area contributed by atoms with Crippen LogP contribution >= 0.6 is 58.2 Å². The van der Waals surface area contributed by atoms with E-state index < -0.39 is 27.5 Å². The molecule has 0 aliphatic carbocycles. The van der Waals surface area contributed by atoms with E-state index in [1.807, 2.05) is 39.0 Å². The molecule has 0 spiro atoms. The van der Waals surface area contributed by atoms with Crippen LogP contribution in [0, 0.1) is 5.41 Å². The molecule has 3 aromatic carbocycles. The highest BCUT2D eigenvalue weighted by Crippen LogP contribution is 2.45. The molecule has 0 saturated heterocycles. The van der Waals surface area contributed by atoms with Crippen LogP contribution in [-0.2, 0) is 14.4 Å². The molecule has 0 radical (unpaired) electrons. The van der Waals surface area contributed by atoms with E-state index in [-0.39, 0.29) is 32.5 Å². The van der Waals surface area contributed by atoms with Gasteiger partial charge < -0.3 is 16.0 Å². The highest BCUT2D eigenvalue weighted by Gasteiger charge is 2.55. The van der Waals surface area contributed by atoms with Crippen LogP contribution in [0.25, 0.3) is 0 Å². The van der Waals surface area contributed by atoms with Crippen LogP contribution in [0.5, 0.6) is 0 Å². The van der Waals surface area contributed by atoms with Crippen molar-refractivity contribution in [3.05, 3.63) is 81.8 Å². The Morgan fingerprint density at radius 1 is 0.811 bits per heavy atom. The van der Waals surface area contributed by atoms with Gasteiger partial charge in [-0.15, -0.1) is 16.7 Å². The first-order valence-corrected chi connectivity index (χ1v) is 20.6. The number of benzene rings is 3. The van der Waals surface area contributed by atoms with E-state index in [1.165, 1.54) is 57.1 Å². The molecule has 1 aliphatic heterocycles. The van der Waals surface area contributed by atoms with Gasteiger partial charge in [-0.1, -0.05) is 157 Å². The standard InChI is InChI=1S/C40H49Cl4N5O3S/c1-5-6-7-8-9-10-11-12-13-17-20-31(42)35(50)46-36-40(47-29-18-15-14-16-19-29,38(52)49(48-36)34-32(43)25-27(41)26-33(34)44)53-30-23-21-28(22-24-30)45-37(51)39(2,3)4/h14-16,18-19,21-26,31,47H,5-13,17,20H2,1-4H3,(H,45,51)(H,46,48,50). The first-order valence-electron chi connectivity index (χ1n) is 18.2. The molecule has 0 saturated carbocycles. The number of alkyl halides is 1. The second-order valence-corrected chi connectivity index (χ2v) is 17.3. The number of para-hydroxylation sites is 1. The van der Waals surface area contributed by atoms with Crippen molar-refractivity contribution in [1.82, 2.24) is 5.32 Å². The van der Waals surface area contributed by atoms with Crippen LogP contribution in [0.1, 0.15) is 98.3 Å². The van der Waals surface area contributed by atoms with Gasteiger partial charge in [-0.3, -0.25) is 14.4 Å². The average Bonchev–Trinajstić information content (AvgIpc) is 3.35. The first kappa shape index (κ1) is 42.8. The number of nitrogens with zero attached hydrogens (tertiary/aromatic N) is 2. The summed E-state index contributed by atoms with van der Waals surface area (Å²) in [7, 11) is 0. The van der Waals surface area contributed by atoms with Crippen molar-refractivity contribution in [1.29, 1.82) is 0 Å². The van der Waals surface area contributed by atoms with Crippen LogP contribution in [0.3, 0.4) is 0 Å². The number of thioether (sulfide) groups is 1. The molecular weight excluding hydrogens is 772 g/mol. The number of amidine groups is 1. The zero-order chi connectivity index (χ0) is 38.6. The molecule has 3 aromatic rings. The summed E-state index contributed by atoms with van der Waals surface area (Å²) in [5.74, 6) is -1.19. The smallest absolute Gasteiger partial charge is 0.292 e. The van der Waals surface area contributed by atoms with Crippen molar-refractivity contribution in [3.63, 3.8) is 0 Å². The highest BCUT2D eigenvalue weighted by atomic mass is 35.5. The number of carbonyl (C=O) groups excluding carboxylic acids is 3. The van der Waals surface area contributed by atoms with Crippen LogP contribution in [0.2, 0.25) is 15.1 Å². The van der Waals surface area contributed by atoms with Crippen LogP contribution in [0.15, 0.2) is 76.7 Å². The quantitative estimate of drug-likeness (QED) is 0.0674. The number of anilines is 3. The lowest BCUT2D eigenvalue weighted by molar-refractivity contribution is -0.123. The summed E-state index contributed by atoms with van der Waals surface area (Å²) in [6.07, 6.45) is 12.1. The van der Waals surface area contributed by atoms with Crippen molar-refractivity contribution in [2.24, 2.45) is 10.5 Å². The fourth-order valence-electron chi connectivity index (χ4n) is 5.66. The van der Waals surface area contributed by atoms with Gasteiger partial charge in [0.1, 0.15) is 11.1 Å². The molecule has 3 N–H and O–H groups in total. The molecule has 0 bridgehead atoms. The molecule has 3 amide bonds. The maximum Gasteiger partial charge on any atom is 0.292 e. The molecule has 2 unspecified atom stereocenters. The van der Waals surface area contributed by atoms with Gasteiger partial charge in [-0.25, -0.2) is 0 Å². The number of hydrazone groups is 1. The Bertz CT molecular complexity index is 1710. The van der Waals surface area contributed by atoms with Crippen LogP contribution in [-0.4, -0.2) is 33.8 Å². The lowest BCUT2D eigenvalue weighted by atomic mass is 9.95. The molecule has 8 nitrogen and oxygen atoms in total. The maximum atomic E-state index is 14.8. The van der Waals surface area contributed by atoms with E-state index in [0.717, 1.165) is 36.0 Å². The third-order valence-electron chi connectivity index (χ3n) is 8.72. The summed E-state index contributed by atoms with van der Waals surface area (Å²) in [5.41, 5.74) is 0.711. The number of nitrogens with one attached hydrogen (secondary N) is 3.